The number of nitrogens with one attached hydrogen (secondary N) is 1. The van der Waals surface area contributed by atoms with Crippen LogP contribution in [0.2, 0.25) is 0 Å². The maximum atomic E-state index is 10.6. The molecule has 0 aromatic heterocycles. The van der Waals surface area contributed by atoms with E-state index in [1.165, 1.54) is 12.8 Å². The quantitative estimate of drug-likeness (QED) is 0.446. The molecule has 1 fully saturated rings. The molecule has 1 N–H and O–H groups in total. The van der Waals surface area contributed by atoms with Crippen LogP contribution in [0, 0.1) is 5.92 Å². The molecule has 3 nitrogen and oxygen atoms in total. The Labute approximate surface area is 59.8 Å². The van der Waals surface area contributed by atoms with E-state index in [2.05, 4.69) is 5.32 Å². The first-order chi connectivity index (χ1) is 4.83. The summed E-state index contributed by atoms with van der Waals surface area (Å²) in [6, 6.07) is 0. The minimum Gasteiger partial charge on any atom is -0.355 e. The summed E-state index contributed by atoms with van der Waals surface area (Å²) in [4.78, 5) is 20.4. The van der Waals surface area contributed by atoms with Crippen molar-refractivity contribution in [1.82, 2.24) is 5.32 Å². The zero-order valence-electron chi connectivity index (χ0n) is 5.80. The fourth-order valence-electron chi connectivity index (χ4n) is 0.728. The molecule has 0 aliphatic heterocycles. The van der Waals surface area contributed by atoms with Gasteiger partial charge in [-0.3, -0.25) is 4.79 Å². The Bertz CT molecular complexity index is 141. The monoisotopic (exact) mass is 141 g/mol. The summed E-state index contributed by atoms with van der Waals surface area (Å²) in [6.45, 7) is 0.757. The van der Waals surface area contributed by atoms with Crippen molar-refractivity contribution in [3.63, 3.8) is 0 Å². The van der Waals surface area contributed by atoms with Crippen LogP contribution >= 0.6 is 0 Å². The Morgan fingerprint density at radius 1 is 1.60 bits per heavy atom. The maximum Gasteiger partial charge on any atom is 0.227 e. The standard InChI is InChI=1S/C7H11NO2/c9-4-3-7(10)8-5-6-1-2-6/h4,6H,1-3,5H2,(H,8,10). The van der Waals surface area contributed by atoms with Crippen molar-refractivity contribution >= 4 is 12.2 Å². The smallest absolute Gasteiger partial charge is 0.227 e. The molecule has 0 unspecified atom stereocenters. The van der Waals surface area contributed by atoms with Crippen molar-refractivity contribution in [2.24, 2.45) is 5.92 Å². The van der Waals surface area contributed by atoms with Gasteiger partial charge in [0, 0.05) is 6.54 Å². The van der Waals surface area contributed by atoms with Crippen molar-refractivity contribution in [3.05, 3.63) is 0 Å². The van der Waals surface area contributed by atoms with Crippen LogP contribution in [0.1, 0.15) is 19.3 Å². The van der Waals surface area contributed by atoms with E-state index < -0.39 is 0 Å². The Hall–Kier alpha value is -0.860. The van der Waals surface area contributed by atoms with E-state index in [1.54, 1.807) is 0 Å². The van der Waals surface area contributed by atoms with Crippen molar-refractivity contribution in [3.8, 4) is 0 Å². The van der Waals surface area contributed by atoms with Crippen LogP contribution in [0.25, 0.3) is 0 Å². The summed E-state index contributed by atoms with van der Waals surface area (Å²) in [5.74, 6) is 0.539. The second-order valence-electron chi connectivity index (χ2n) is 2.62. The summed E-state index contributed by atoms with van der Waals surface area (Å²) in [5.41, 5.74) is 0. The molecule has 0 aromatic rings. The predicted octanol–water partition coefficient (Wildman–Crippen LogP) is 0.102. The average molecular weight is 141 g/mol. The van der Waals surface area contributed by atoms with Gasteiger partial charge >= 0.3 is 0 Å². The molecule has 1 aliphatic rings. The van der Waals surface area contributed by atoms with Gasteiger partial charge in [0.15, 0.2) is 0 Å². The normalized spacial score (nSPS) is 16.4. The van der Waals surface area contributed by atoms with Crippen LogP contribution in [-0.4, -0.2) is 18.7 Å². The van der Waals surface area contributed by atoms with E-state index in [1.807, 2.05) is 0 Å². The summed E-state index contributed by atoms with van der Waals surface area (Å²) in [7, 11) is 0. The SMILES string of the molecule is O=CCC(=O)NCC1CC1. The summed E-state index contributed by atoms with van der Waals surface area (Å²) >= 11 is 0. The van der Waals surface area contributed by atoms with Gasteiger partial charge in [0.25, 0.3) is 0 Å². The van der Waals surface area contributed by atoms with Gasteiger partial charge in [-0.25, -0.2) is 0 Å². The fraction of sp³-hybridized carbons (Fsp3) is 0.714. The lowest BCUT2D eigenvalue weighted by Crippen LogP contribution is -2.25. The zero-order valence-corrected chi connectivity index (χ0v) is 5.80. The minimum absolute atomic E-state index is 0.00667. The lowest BCUT2D eigenvalue weighted by molar-refractivity contribution is -0.123. The molecule has 1 rings (SSSR count). The molecule has 1 saturated carbocycles. The van der Waals surface area contributed by atoms with E-state index >= 15 is 0 Å². The molecule has 0 atom stereocenters. The fourth-order valence-corrected chi connectivity index (χ4v) is 0.728. The Balaban J connectivity index is 1.99. The largest absolute Gasteiger partial charge is 0.355 e. The third-order valence-corrected chi connectivity index (χ3v) is 1.55. The van der Waals surface area contributed by atoms with Crippen molar-refractivity contribution in [1.29, 1.82) is 0 Å². The first-order valence-electron chi connectivity index (χ1n) is 3.53. The molecule has 56 valence electrons. The van der Waals surface area contributed by atoms with Gasteiger partial charge in [0.2, 0.25) is 5.91 Å². The summed E-state index contributed by atoms with van der Waals surface area (Å²) in [5, 5.41) is 2.68. The second-order valence-corrected chi connectivity index (χ2v) is 2.62. The summed E-state index contributed by atoms with van der Waals surface area (Å²) in [6.07, 6.45) is 3.08. The predicted molar refractivity (Wildman–Crippen MR) is 36.4 cm³/mol. The van der Waals surface area contributed by atoms with Gasteiger partial charge in [0.1, 0.15) is 6.29 Å². The van der Waals surface area contributed by atoms with Crippen LogP contribution < -0.4 is 5.32 Å². The van der Waals surface area contributed by atoms with Gasteiger partial charge in [0.05, 0.1) is 6.42 Å². The number of rotatable bonds is 4. The maximum absolute atomic E-state index is 10.6. The molecule has 0 aromatic carbocycles. The molecule has 0 spiro atoms. The highest BCUT2D eigenvalue weighted by Crippen LogP contribution is 2.27. The number of carbonyl (C=O) groups excluding carboxylic acids is 2. The van der Waals surface area contributed by atoms with Crippen LogP contribution in [-0.2, 0) is 9.59 Å². The lowest BCUT2D eigenvalue weighted by Gasteiger charge is -1.98. The zero-order chi connectivity index (χ0) is 7.40. The van der Waals surface area contributed by atoms with Crippen molar-refractivity contribution in [2.75, 3.05) is 6.54 Å². The summed E-state index contributed by atoms with van der Waals surface area (Å²) < 4.78 is 0. The number of aldehydes is 1. The average Bonchev–Trinajstić information content (AvgIpc) is 2.67. The highest BCUT2D eigenvalue weighted by molar-refractivity contribution is 5.87. The highest BCUT2D eigenvalue weighted by Gasteiger charge is 2.21. The van der Waals surface area contributed by atoms with E-state index in [0.717, 1.165) is 6.54 Å². The molecule has 1 amide bonds. The number of carbonyl (C=O) groups is 2. The number of amides is 1. The second kappa shape index (κ2) is 3.34. The third kappa shape index (κ3) is 2.62. The van der Waals surface area contributed by atoms with Crippen LogP contribution in [0.3, 0.4) is 0 Å². The Kier molecular flexibility index (Phi) is 2.42. The first kappa shape index (κ1) is 7.25. The van der Waals surface area contributed by atoms with Crippen LogP contribution in [0.5, 0.6) is 0 Å². The van der Waals surface area contributed by atoms with Crippen LogP contribution in [0.15, 0.2) is 0 Å². The number of hydrogen-bond donors (Lipinski definition) is 1. The first-order valence-corrected chi connectivity index (χ1v) is 3.53. The molecule has 0 bridgehead atoms. The van der Waals surface area contributed by atoms with Gasteiger partial charge < -0.3 is 10.1 Å². The molecule has 3 heteroatoms. The molecule has 0 heterocycles. The highest BCUT2D eigenvalue weighted by atomic mass is 16.2. The van der Waals surface area contributed by atoms with E-state index in [9.17, 15) is 9.59 Å². The molecule has 10 heavy (non-hydrogen) atoms. The van der Waals surface area contributed by atoms with Crippen molar-refractivity contribution in [2.45, 2.75) is 19.3 Å². The van der Waals surface area contributed by atoms with Gasteiger partial charge in [-0.05, 0) is 18.8 Å². The van der Waals surface area contributed by atoms with E-state index in [0.29, 0.717) is 12.2 Å². The molecular formula is C7H11NO2. The Morgan fingerprint density at radius 3 is 2.80 bits per heavy atom. The van der Waals surface area contributed by atoms with Crippen LogP contribution in [0.4, 0.5) is 0 Å². The topological polar surface area (TPSA) is 46.2 Å². The molecule has 0 saturated heterocycles. The minimum atomic E-state index is -0.151. The van der Waals surface area contributed by atoms with E-state index in [-0.39, 0.29) is 12.3 Å². The van der Waals surface area contributed by atoms with Crippen molar-refractivity contribution < 1.29 is 9.59 Å². The molecule has 1 aliphatic carbocycles. The number of hydrogen-bond acceptors (Lipinski definition) is 2. The Morgan fingerprint density at radius 2 is 2.30 bits per heavy atom. The molecule has 0 radical (unpaired) electrons. The lowest BCUT2D eigenvalue weighted by atomic mass is 10.4. The van der Waals surface area contributed by atoms with Gasteiger partial charge in [-0.2, -0.15) is 0 Å². The third-order valence-electron chi connectivity index (χ3n) is 1.55. The van der Waals surface area contributed by atoms with Gasteiger partial charge in [-0.1, -0.05) is 0 Å². The molecular weight excluding hydrogens is 130 g/mol. The van der Waals surface area contributed by atoms with Gasteiger partial charge in [-0.15, -0.1) is 0 Å². The van der Waals surface area contributed by atoms with E-state index in [4.69, 9.17) is 0 Å².